The number of anilines is 2. The number of amides is 1. The standard InChI is InChI=1S/C14H21N3O/c1-9-7-10(15)8-16-12(9)17-13(18)11-5-4-6-14(11,2)3/h7-8,11H,4-6,15H2,1-3H3,(H,16,17,18). The van der Waals surface area contributed by atoms with E-state index in [2.05, 4.69) is 24.1 Å². The van der Waals surface area contributed by atoms with Crippen molar-refractivity contribution in [2.45, 2.75) is 40.0 Å². The van der Waals surface area contributed by atoms with Gasteiger partial charge < -0.3 is 11.1 Å². The lowest BCUT2D eigenvalue weighted by Gasteiger charge is -2.25. The smallest absolute Gasteiger partial charge is 0.229 e. The summed E-state index contributed by atoms with van der Waals surface area (Å²) in [4.78, 5) is 16.5. The topological polar surface area (TPSA) is 68.0 Å². The van der Waals surface area contributed by atoms with Crippen molar-refractivity contribution in [1.82, 2.24) is 4.98 Å². The average Bonchev–Trinajstić information content (AvgIpc) is 2.62. The molecule has 1 unspecified atom stereocenters. The Hall–Kier alpha value is -1.58. The fourth-order valence-electron chi connectivity index (χ4n) is 2.74. The van der Waals surface area contributed by atoms with Crippen LogP contribution in [0.4, 0.5) is 11.5 Å². The summed E-state index contributed by atoms with van der Waals surface area (Å²) in [5.41, 5.74) is 7.26. The molecular weight excluding hydrogens is 226 g/mol. The van der Waals surface area contributed by atoms with Crippen molar-refractivity contribution in [3.8, 4) is 0 Å². The molecule has 4 heteroatoms. The van der Waals surface area contributed by atoms with Crippen LogP contribution in [0.5, 0.6) is 0 Å². The number of pyridine rings is 1. The van der Waals surface area contributed by atoms with E-state index in [1.807, 2.05) is 13.0 Å². The minimum atomic E-state index is 0.0799. The van der Waals surface area contributed by atoms with Crippen LogP contribution in [0.25, 0.3) is 0 Å². The van der Waals surface area contributed by atoms with Crippen molar-refractivity contribution in [2.75, 3.05) is 11.1 Å². The normalized spacial score (nSPS) is 21.8. The Morgan fingerprint density at radius 2 is 2.28 bits per heavy atom. The molecule has 18 heavy (non-hydrogen) atoms. The molecule has 0 aliphatic heterocycles. The molecule has 0 radical (unpaired) electrons. The van der Waals surface area contributed by atoms with Gasteiger partial charge in [0.15, 0.2) is 0 Å². The first-order chi connectivity index (χ1) is 8.40. The molecule has 3 N–H and O–H groups in total. The first-order valence-electron chi connectivity index (χ1n) is 6.43. The number of carbonyl (C=O) groups is 1. The van der Waals surface area contributed by atoms with E-state index in [4.69, 9.17) is 5.73 Å². The molecule has 1 fully saturated rings. The molecule has 98 valence electrons. The zero-order valence-corrected chi connectivity index (χ0v) is 11.3. The van der Waals surface area contributed by atoms with Crippen molar-refractivity contribution in [1.29, 1.82) is 0 Å². The van der Waals surface area contributed by atoms with Gasteiger partial charge in [-0.05, 0) is 36.8 Å². The summed E-state index contributed by atoms with van der Waals surface area (Å²) in [6, 6.07) is 1.82. The van der Waals surface area contributed by atoms with Gasteiger partial charge >= 0.3 is 0 Å². The molecule has 0 aromatic carbocycles. The first kappa shape index (κ1) is 12.9. The maximum Gasteiger partial charge on any atom is 0.229 e. The summed E-state index contributed by atoms with van der Waals surface area (Å²) in [5, 5.41) is 2.93. The summed E-state index contributed by atoms with van der Waals surface area (Å²) in [6.45, 7) is 6.22. The van der Waals surface area contributed by atoms with E-state index in [0.29, 0.717) is 11.5 Å². The average molecular weight is 247 g/mol. The molecule has 0 bridgehead atoms. The van der Waals surface area contributed by atoms with E-state index >= 15 is 0 Å². The van der Waals surface area contributed by atoms with Crippen molar-refractivity contribution >= 4 is 17.4 Å². The second-order valence-corrected chi connectivity index (χ2v) is 5.86. The number of nitrogens with one attached hydrogen (secondary N) is 1. The summed E-state index contributed by atoms with van der Waals surface area (Å²) in [7, 11) is 0. The summed E-state index contributed by atoms with van der Waals surface area (Å²) >= 11 is 0. The minimum absolute atomic E-state index is 0.0799. The van der Waals surface area contributed by atoms with Gasteiger partial charge in [0.2, 0.25) is 5.91 Å². The van der Waals surface area contributed by atoms with E-state index in [-0.39, 0.29) is 17.2 Å². The largest absolute Gasteiger partial charge is 0.397 e. The van der Waals surface area contributed by atoms with Gasteiger partial charge in [0.25, 0.3) is 0 Å². The molecule has 1 heterocycles. The fraction of sp³-hybridized carbons (Fsp3) is 0.571. The van der Waals surface area contributed by atoms with Crippen LogP contribution in [0.1, 0.15) is 38.7 Å². The minimum Gasteiger partial charge on any atom is -0.397 e. The van der Waals surface area contributed by atoms with E-state index in [1.165, 1.54) is 0 Å². The van der Waals surface area contributed by atoms with Crippen LogP contribution in [-0.2, 0) is 4.79 Å². The van der Waals surface area contributed by atoms with Gasteiger partial charge in [-0.1, -0.05) is 20.3 Å². The van der Waals surface area contributed by atoms with Crippen LogP contribution in [-0.4, -0.2) is 10.9 Å². The zero-order valence-electron chi connectivity index (χ0n) is 11.3. The molecule has 1 aromatic heterocycles. The van der Waals surface area contributed by atoms with Crippen molar-refractivity contribution in [2.24, 2.45) is 11.3 Å². The lowest BCUT2D eigenvalue weighted by molar-refractivity contribution is -0.122. The van der Waals surface area contributed by atoms with Crippen molar-refractivity contribution in [3.63, 3.8) is 0 Å². The maximum atomic E-state index is 12.3. The molecule has 0 spiro atoms. The van der Waals surface area contributed by atoms with Crippen LogP contribution >= 0.6 is 0 Å². The number of hydrogen-bond acceptors (Lipinski definition) is 3. The summed E-state index contributed by atoms with van der Waals surface area (Å²) in [6.07, 6.45) is 4.77. The number of rotatable bonds is 2. The number of hydrogen-bond donors (Lipinski definition) is 2. The van der Waals surface area contributed by atoms with E-state index < -0.39 is 0 Å². The fourth-order valence-corrected chi connectivity index (χ4v) is 2.74. The number of aromatic nitrogens is 1. The number of nitrogens with two attached hydrogens (primary N) is 1. The number of aryl methyl sites for hydroxylation is 1. The van der Waals surface area contributed by atoms with Gasteiger partial charge in [-0.3, -0.25) is 4.79 Å². The molecule has 2 rings (SSSR count). The molecule has 1 saturated carbocycles. The van der Waals surface area contributed by atoms with E-state index in [9.17, 15) is 4.79 Å². The Labute approximate surface area is 108 Å². The highest BCUT2D eigenvalue weighted by molar-refractivity contribution is 5.93. The second kappa shape index (κ2) is 4.59. The lowest BCUT2D eigenvalue weighted by Crippen LogP contribution is -2.31. The van der Waals surface area contributed by atoms with Gasteiger partial charge in [0, 0.05) is 5.92 Å². The van der Waals surface area contributed by atoms with Gasteiger partial charge in [0.05, 0.1) is 11.9 Å². The van der Waals surface area contributed by atoms with Crippen LogP contribution in [0.15, 0.2) is 12.3 Å². The Morgan fingerprint density at radius 3 is 2.83 bits per heavy atom. The third kappa shape index (κ3) is 2.47. The van der Waals surface area contributed by atoms with Gasteiger partial charge in [-0.2, -0.15) is 0 Å². The van der Waals surface area contributed by atoms with E-state index in [0.717, 1.165) is 24.8 Å². The van der Waals surface area contributed by atoms with Gasteiger partial charge in [-0.15, -0.1) is 0 Å². The highest BCUT2D eigenvalue weighted by Gasteiger charge is 2.39. The SMILES string of the molecule is Cc1cc(N)cnc1NC(=O)C1CCCC1(C)C. The van der Waals surface area contributed by atoms with Gasteiger partial charge in [0.1, 0.15) is 5.82 Å². The molecule has 1 aliphatic rings. The molecule has 1 atom stereocenters. The molecule has 1 aliphatic carbocycles. The molecule has 4 nitrogen and oxygen atoms in total. The van der Waals surface area contributed by atoms with Crippen molar-refractivity contribution < 1.29 is 4.79 Å². The van der Waals surface area contributed by atoms with Crippen LogP contribution in [0.3, 0.4) is 0 Å². The lowest BCUT2D eigenvalue weighted by atomic mass is 9.81. The number of nitrogens with zero attached hydrogens (tertiary/aromatic N) is 1. The predicted octanol–water partition coefficient (Wildman–Crippen LogP) is 2.74. The Bertz CT molecular complexity index is 468. The number of carbonyl (C=O) groups excluding carboxylic acids is 1. The molecular formula is C14H21N3O. The maximum absolute atomic E-state index is 12.3. The molecule has 1 amide bonds. The highest BCUT2D eigenvalue weighted by Crippen LogP contribution is 2.43. The summed E-state index contributed by atoms with van der Waals surface area (Å²) < 4.78 is 0. The quantitative estimate of drug-likeness (QED) is 0.844. The van der Waals surface area contributed by atoms with Crippen LogP contribution in [0, 0.1) is 18.3 Å². The highest BCUT2D eigenvalue weighted by atomic mass is 16.2. The monoisotopic (exact) mass is 247 g/mol. The molecule has 1 aromatic rings. The van der Waals surface area contributed by atoms with Crippen LogP contribution < -0.4 is 11.1 Å². The zero-order chi connectivity index (χ0) is 13.3. The predicted molar refractivity (Wildman–Crippen MR) is 73.1 cm³/mol. The Balaban J connectivity index is 2.12. The summed E-state index contributed by atoms with van der Waals surface area (Å²) in [5.74, 6) is 0.783. The first-order valence-corrected chi connectivity index (χ1v) is 6.43. The Morgan fingerprint density at radius 1 is 1.56 bits per heavy atom. The van der Waals surface area contributed by atoms with Crippen LogP contribution in [0.2, 0.25) is 0 Å². The molecule has 0 saturated heterocycles. The third-order valence-corrected chi connectivity index (χ3v) is 3.91. The second-order valence-electron chi connectivity index (χ2n) is 5.86. The number of nitrogen functional groups attached to an aromatic ring is 1. The van der Waals surface area contributed by atoms with Crippen molar-refractivity contribution in [3.05, 3.63) is 17.8 Å². The van der Waals surface area contributed by atoms with Gasteiger partial charge in [-0.25, -0.2) is 4.98 Å². The van der Waals surface area contributed by atoms with E-state index in [1.54, 1.807) is 6.20 Å². The Kier molecular flexibility index (Phi) is 3.28. The third-order valence-electron chi connectivity index (χ3n) is 3.91.